The van der Waals surface area contributed by atoms with E-state index in [0.717, 1.165) is 5.69 Å². The third-order valence-electron chi connectivity index (χ3n) is 3.08. The van der Waals surface area contributed by atoms with Crippen LogP contribution in [0.4, 0.5) is 0 Å². The molecule has 0 aliphatic heterocycles. The summed E-state index contributed by atoms with van der Waals surface area (Å²) in [6, 6.07) is 10.5. The van der Waals surface area contributed by atoms with E-state index in [-0.39, 0.29) is 5.91 Å². The van der Waals surface area contributed by atoms with Gasteiger partial charge in [0.2, 0.25) is 5.91 Å². The Hall–Kier alpha value is -2.11. The average Bonchev–Trinajstić information content (AvgIpc) is 2.59. The maximum atomic E-state index is 11.8. The predicted octanol–water partition coefficient (Wildman–Crippen LogP) is 4.09. The summed E-state index contributed by atoms with van der Waals surface area (Å²) in [5.74, 6) is 0.363. The summed E-state index contributed by atoms with van der Waals surface area (Å²) >= 11 is 11.8. The summed E-state index contributed by atoms with van der Waals surface area (Å²) in [4.78, 5) is 15.9. The van der Waals surface area contributed by atoms with Crippen molar-refractivity contribution in [2.24, 2.45) is 5.10 Å². The predicted molar refractivity (Wildman–Crippen MR) is 95.8 cm³/mol. The molecule has 2 aromatic rings. The van der Waals surface area contributed by atoms with Gasteiger partial charge in [-0.25, -0.2) is 5.43 Å². The van der Waals surface area contributed by atoms with Gasteiger partial charge in [0.1, 0.15) is 5.75 Å². The number of pyridine rings is 1. The molecule has 126 valence electrons. The number of nitrogens with one attached hydrogen (secondary N) is 1. The van der Waals surface area contributed by atoms with E-state index in [1.165, 1.54) is 0 Å². The molecule has 0 bridgehead atoms. The molecule has 24 heavy (non-hydrogen) atoms. The van der Waals surface area contributed by atoms with Gasteiger partial charge in [0, 0.05) is 17.6 Å². The van der Waals surface area contributed by atoms with E-state index in [2.05, 4.69) is 15.5 Å². The van der Waals surface area contributed by atoms with Crippen molar-refractivity contribution in [3.63, 3.8) is 0 Å². The maximum Gasteiger partial charge on any atom is 0.240 e. The Bertz CT molecular complexity index is 721. The van der Waals surface area contributed by atoms with Crippen molar-refractivity contribution in [2.45, 2.75) is 19.8 Å². The molecule has 0 unspecified atom stereocenters. The summed E-state index contributed by atoms with van der Waals surface area (Å²) in [6.45, 7) is 2.16. The molecule has 1 aromatic heterocycles. The smallest absolute Gasteiger partial charge is 0.240 e. The first-order chi connectivity index (χ1) is 11.6. The van der Waals surface area contributed by atoms with E-state index >= 15 is 0 Å². The largest absolute Gasteiger partial charge is 0.492 e. The zero-order chi connectivity index (χ0) is 17.4. The molecular formula is C17H17Cl2N3O2. The molecule has 0 aliphatic rings. The fraction of sp³-hybridized carbons (Fsp3) is 0.235. The van der Waals surface area contributed by atoms with Gasteiger partial charge in [-0.2, -0.15) is 5.10 Å². The number of carbonyl (C=O) groups excluding carboxylic acids is 1. The van der Waals surface area contributed by atoms with Crippen LogP contribution in [0.5, 0.6) is 5.75 Å². The average molecular weight is 366 g/mol. The maximum absolute atomic E-state index is 11.8. The molecule has 0 radical (unpaired) electrons. The highest BCUT2D eigenvalue weighted by Gasteiger charge is 2.05. The number of halogens is 2. The van der Waals surface area contributed by atoms with Crippen LogP contribution in [-0.2, 0) is 4.79 Å². The number of hydrogen-bond acceptors (Lipinski definition) is 4. The van der Waals surface area contributed by atoms with Crippen molar-refractivity contribution in [1.82, 2.24) is 10.4 Å². The Kier molecular flexibility index (Phi) is 7.03. The van der Waals surface area contributed by atoms with Crippen LogP contribution in [0.15, 0.2) is 47.7 Å². The number of rotatable bonds is 7. The Morgan fingerprint density at radius 3 is 2.83 bits per heavy atom. The molecule has 0 saturated carbocycles. The molecular weight excluding hydrogens is 349 g/mol. The summed E-state index contributed by atoms with van der Waals surface area (Å²) < 4.78 is 5.52. The molecule has 2 rings (SSSR count). The van der Waals surface area contributed by atoms with Crippen LogP contribution in [0.1, 0.15) is 25.5 Å². The topological polar surface area (TPSA) is 63.6 Å². The van der Waals surface area contributed by atoms with Crippen LogP contribution < -0.4 is 10.2 Å². The second kappa shape index (κ2) is 9.25. The van der Waals surface area contributed by atoms with Crippen molar-refractivity contribution in [3.05, 3.63) is 58.3 Å². The van der Waals surface area contributed by atoms with Gasteiger partial charge in [-0.3, -0.25) is 9.78 Å². The number of nitrogens with zero attached hydrogens (tertiary/aromatic N) is 2. The molecule has 1 N–H and O–H groups in total. The zero-order valence-corrected chi connectivity index (χ0v) is 14.6. The highest BCUT2D eigenvalue weighted by atomic mass is 35.5. The van der Waals surface area contributed by atoms with Gasteiger partial charge in [-0.05, 0) is 43.7 Å². The number of amides is 1. The molecule has 7 heteroatoms. The molecule has 1 heterocycles. The van der Waals surface area contributed by atoms with Crippen molar-refractivity contribution in [3.8, 4) is 5.75 Å². The van der Waals surface area contributed by atoms with E-state index < -0.39 is 0 Å². The van der Waals surface area contributed by atoms with Gasteiger partial charge in [0.15, 0.2) is 0 Å². The quantitative estimate of drug-likeness (QED) is 0.456. The number of hydrogen-bond donors (Lipinski definition) is 1. The van der Waals surface area contributed by atoms with E-state index in [1.54, 1.807) is 31.3 Å². The molecule has 0 fully saturated rings. The zero-order valence-electron chi connectivity index (χ0n) is 13.1. The molecule has 0 atom stereocenters. The third kappa shape index (κ3) is 5.83. The second-order valence-electron chi connectivity index (χ2n) is 4.97. The van der Waals surface area contributed by atoms with Gasteiger partial charge in [0.25, 0.3) is 0 Å². The van der Waals surface area contributed by atoms with E-state index in [4.69, 9.17) is 27.9 Å². The number of benzene rings is 1. The Morgan fingerprint density at radius 1 is 1.29 bits per heavy atom. The highest BCUT2D eigenvalue weighted by molar-refractivity contribution is 6.35. The first-order valence-corrected chi connectivity index (χ1v) is 8.14. The third-order valence-corrected chi connectivity index (χ3v) is 3.61. The highest BCUT2D eigenvalue weighted by Crippen LogP contribution is 2.27. The minimum absolute atomic E-state index is 0.184. The van der Waals surface area contributed by atoms with E-state index in [9.17, 15) is 4.79 Å². The number of carbonyl (C=O) groups is 1. The minimum atomic E-state index is -0.184. The summed E-state index contributed by atoms with van der Waals surface area (Å²) in [5, 5.41) is 5.03. The van der Waals surface area contributed by atoms with Crippen molar-refractivity contribution in [2.75, 3.05) is 6.61 Å². The Balaban J connectivity index is 1.72. The molecule has 1 amide bonds. The first-order valence-electron chi connectivity index (χ1n) is 7.38. The first kappa shape index (κ1) is 18.2. The Labute approximate surface area is 150 Å². The fourth-order valence-electron chi connectivity index (χ4n) is 1.84. The number of aromatic nitrogens is 1. The lowest BCUT2D eigenvalue weighted by molar-refractivity contribution is -0.121. The summed E-state index contributed by atoms with van der Waals surface area (Å²) in [6.07, 6.45) is 2.52. The minimum Gasteiger partial charge on any atom is -0.492 e. The second-order valence-corrected chi connectivity index (χ2v) is 5.82. The molecule has 5 nitrogen and oxygen atoms in total. The normalized spacial score (nSPS) is 11.2. The van der Waals surface area contributed by atoms with Gasteiger partial charge in [0.05, 0.1) is 23.0 Å². The van der Waals surface area contributed by atoms with Gasteiger partial charge in [-0.1, -0.05) is 29.3 Å². The van der Waals surface area contributed by atoms with Crippen molar-refractivity contribution < 1.29 is 9.53 Å². The Morgan fingerprint density at radius 2 is 2.12 bits per heavy atom. The van der Waals surface area contributed by atoms with Crippen LogP contribution >= 0.6 is 23.2 Å². The van der Waals surface area contributed by atoms with Gasteiger partial charge in [-0.15, -0.1) is 0 Å². The van der Waals surface area contributed by atoms with E-state index in [0.29, 0.717) is 41.0 Å². The SMILES string of the molecule is C/C(=N/NC(=O)CCCOc1ccc(Cl)cc1Cl)c1ccccn1. The van der Waals surface area contributed by atoms with Crippen molar-refractivity contribution >= 4 is 34.8 Å². The van der Waals surface area contributed by atoms with Gasteiger partial charge < -0.3 is 4.74 Å². The monoisotopic (exact) mass is 365 g/mol. The van der Waals surface area contributed by atoms with Gasteiger partial charge >= 0.3 is 0 Å². The van der Waals surface area contributed by atoms with Crippen LogP contribution in [0.3, 0.4) is 0 Å². The van der Waals surface area contributed by atoms with Crippen molar-refractivity contribution in [1.29, 1.82) is 0 Å². The lowest BCUT2D eigenvalue weighted by Crippen LogP contribution is -2.20. The summed E-state index contributed by atoms with van der Waals surface area (Å²) in [7, 11) is 0. The number of hydrazone groups is 1. The van der Waals surface area contributed by atoms with Crippen LogP contribution in [0.25, 0.3) is 0 Å². The van der Waals surface area contributed by atoms with Crippen LogP contribution in [-0.4, -0.2) is 23.2 Å². The molecule has 1 aromatic carbocycles. The number of ether oxygens (including phenoxy) is 1. The molecule has 0 saturated heterocycles. The molecule has 0 spiro atoms. The van der Waals surface area contributed by atoms with E-state index in [1.807, 2.05) is 18.2 Å². The lowest BCUT2D eigenvalue weighted by Gasteiger charge is -2.08. The lowest BCUT2D eigenvalue weighted by atomic mass is 10.3. The fourth-order valence-corrected chi connectivity index (χ4v) is 2.31. The van der Waals surface area contributed by atoms with Crippen LogP contribution in [0, 0.1) is 0 Å². The van der Waals surface area contributed by atoms with Crippen LogP contribution in [0.2, 0.25) is 10.0 Å². The standard InChI is InChI=1S/C17H17Cl2N3O2/c1-12(15-5-2-3-9-20-15)21-22-17(23)6-4-10-24-16-8-7-13(18)11-14(16)19/h2-3,5,7-9,11H,4,6,10H2,1H3,(H,22,23)/b21-12-. The summed E-state index contributed by atoms with van der Waals surface area (Å²) in [5.41, 5.74) is 3.88. The molecule has 0 aliphatic carbocycles.